The van der Waals surface area contributed by atoms with Crippen molar-refractivity contribution in [2.24, 2.45) is 0 Å². The molecular weight excluding hydrogens is 440 g/mol. The number of carbonyl (C=O) groups excluding carboxylic acids is 2. The Hall–Kier alpha value is -3.05. The normalized spacial score (nSPS) is 10.0. The number of nitrogens with one attached hydrogen (secondary N) is 1. The molecule has 0 bridgehead atoms. The number of hydrogen-bond donors (Lipinski definition) is 1. The molecule has 0 unspecified atom stereocenters. The van der Waals surface area contributed by atoms with Crippen LogP contribution < -0.4 is 14.8 Å². The molecule has 1 N–H and O–H groups in total. The zero-order chi connectivity index (χ0) is 21.2. The second-order valence-electron chi connectivity index (χ2n) is 5.79. The second-order valence-corrected chi connectivity index (χ2v) is 6.65. The zero-order valence-corrected chi connectivity index (χ0v) is 17.7. The molecule has 0 aliphatic carbocycles. The van der Waals surface area contributed by atoms with Crippen molar-refractivity contribution in [1.29, 1.82) is 5.26 Å². The minimum Gasteiger partial charge on any atom is -0.490 e. The molecule has 0 aliphatic rings. The monoisotopic (exact) mass is 460 g/mol. The Morgan fingerprint density at radius 2 is 1.69 bits per heavy atom. The maximum atomic E-state index is 12.3. The van der Waals surface area contributed by atoms with Crippen LogP contribution >= 0.6 is 15.9 Å². The Balaban J connectivity index is 2.04. The van der Waals surface area contributed by atoms with Gasteiger partial charge in [-0.05, 0) is 50.2 Å². The van der Waals surface area contributed by atoms with Crippen LogP contribution in [-0.2, 0) is 16.1 Å². The van der Waals surface area contributed by atoms with Gasteiger partial charge in [0, 0.05) is 15.7 Å². The van der Waals surface area contributed by atoms with E-state index in [0.29, 0.717) is 36.0 Å². The first-order valence-electron chi connectivity index (χ1n) is 9.00. The third-order valence-corrected chi connectivity index (χ3v) is 4.45. The molecule has 0 fully saturated rings. The van der Waals surface area contributed by atoms with E-state index in [1.807, 2.05) is 13.8 Å². The van der Waals surface area contributed by atoms with E-state index < -0.39 is 11.9 Å². The number of rotatable bonds is 9. The molecule has 1 amide bonds. The highest BCUT2D eigenvalue weighted by atomic mass is 79.9. The van der Waals surface area contributed by atoms with E-state index in [1.54, 1.807) is 42.5 Å². The minimum absolute atomic E-state index is 0.0482. The predicted molar refractivity (Wildman–Crippen MR) is 111 cm³/mol. The standard InChI is InChI=1S/C21H21BrN2O5/c1-3-27-18-11-15(17(22)12-19(18)28-4-2)13-29-21(26)14-5-7-16(8-6-14)24-20(25)9-10-23/h5-8,11-12H,3-4,9,13H2,1-2H3,(H,24,25). The van der Waals surface area contributed by atoms with E-state index in [-0.39, 0.29) is 13.0 Å². The highest BCUT2D eigenvalue weighted by molar-refractivity contribution is 9.10. The third-order valence-electron chi connectivity index (χ3n) is 3.72. The molecule has 8 heteroatoms. The Kier molecular flexibility index (Phi) is 8.49. The van der Waals surface area contributed by atoms with Crippen LogP contribution in [-0.4, -0.2) is 25.1 Å². The number of amides is 1. The van der Waals surface area contributed by atoms with Gasteiger partial charge in [0.2, 0.25) is 5.91 Å². The zero-order valence-electron chi connectivity index (χ0n) is 16.2. The summed E-state index contributed by atoms with van der Waals surface area (Å²) in [6, 6.07) is 11.6. The third kappa shape index (κ3) is 6.50. The molecule has 2 aromatic carbocycles. The SMILES string of the molecule is CCOc1cc(Br)c(COC(=O)c2ccc(NC(=O)CC#N)cc2)cc1OCC. The van der Waals surface area contributed by atoms with Gasteiger partial charge in [0.25, 0.3) is 0 Å². The summed E-state index contributed by atoms with van der Waals surface area (Å²) in [5.74, 6) is 0.290. The molecule has 0 aromatic heterocycles. The molecule has 0 heterocycles. The van der Waals surface area contributed by atoms with Crippen molar-refractivity contribution in [3.05, 3.63) is 52.0 Å². The molecular formula is C21H21BrN2O5. The lowest BCUT2D eigenvalue weighted by Gasteiger charge is -2.14. The van der Waals surface area contributed by atoms with Crippen LogP contribution in [0.3, 0.4) is 0 Å². The first kappa shape index (κ1) is 22.2. The van der Waals surface area contributed by atoms with Gasteiger partial charge in [0.15, 0.2) is 11.5 Å². The van der Waals surface area contributed by atoms with E-state index in [2.05, 4.69) is 21.2 Å². The van der Waals surface area contributed by atoms with Gasteiger partial charge in [-0.1, -0.05) is 15.9 Å². The Morgan fingerprint density at radius 3 is 2.28 bits per heavy atom. The summed E-state index contributed by atoms with van der Waals surface area (Å²) in [6.45, 7) is 4.81. The maximum Gasteiger partial charge on any atom is 0.338 e. The van der Waals surface area contributed by atoms with Crippen molar-refractivity contribution >= 4 is 33.5 Å². The number of nitrogens with zero attached hydrogens (tertiary/aromatic N) is 1. The van der Waals surface area contributed by atoms with Crippen molar-refractivity contribution in [3.63, 3.8) is 0 Å². The fourth-order valence-corrected chi connectivity index (χ4v) is 2.85. The van der Waals surface area contributed by atoms with Gasteiger partial charge in [-0.25, -0.2) is 4.79 Å². The number of carbonyl (C=O) groups is 2. The molecule has 0 aliphatic heterocycles. The van der Waals surface area contributed by atoms with E-state index >= 15 is 0 Å². The van der Waals surface area contributed by atoms with Crippen molar-refractivity contribution in [2.45, 2.75) is 26.9 Å². The lowest BCUT2D eigenvalue weighted by atomic mass is 10.2. The molecule has 0 saturated carbocycles. The Morgan fingerprint density at radius 1 is 1.07 bits per heavy atom. The predicted octanol–water partition coefficient (Wildman–Crippen LogP) is 4.46. The van der Waals surface area contributed by atoms with Crippen LogP contribution in [0.2, 0.25) is 0 Å². The minimum atomic E-state index is -0.501. The van der Waals surface area contributed by atoms with Gasteiger partial charge >= 0.3 is 5.97 Å². The lowest BCUT2D eigenvalue weighted by molar-refractivity contribution is -0.115. The van der Waals surface area contributed by atoms with E-state index in [0.717, 1.165) is 10.0 Å². The van der Waals surface area contributed by atoms with Gasteiger partial charge in [-0.2, -0.15) is 5.26 Å². The van der Waals surface area contributed by atoms with Crippen molar-refractivity contribution in [2.75, 3.05) is 18.5 Å². The van der Waals surface area contributed by atoms with Crippen LogP contribution in [0.25, 0.3) is 0 Å². The number of esters is 1. The Labute approximate surface area is 177 Å². The number of halogens is 1. The van der Waals surface area contributed by atoms with Gasteiger partial charge in [0.1, 0.15) is 13.0 Å². The summed E-state index contributed by atoms with van der Waals surface area (Å²) in [6.07, 6.45) is -0.232. The van der Waals surface area contributed by atoms with Crippen LogP contribution in [0.4, 0.5) is 5.69 Å². The highest BCUT2D eigenvalue weighted by Gasteiger charge is 2.14. The van der Waals surface area contributed by atoms with Crippen LogP contribution in [0, 0.1) is 11.3 Å². The first-order valence-corrected chi connectivity index (χ1v) is 9.79. The highest BCUT2D eigenvalue weighted by Crippen LogP contribution is 2.34. The molecule has 0 saturated heterocycles. The second kappa shape index (κ2) is 11.1. The number of anilines is 1. The molecule has 0 atom stereocenters. The van der Waals surface area contributed by atoms with E-state index in [9.17, 15) is 9.59 Å². The smallest absolute Gasteiger partial charge is 0.338 e. The first-order chi connectivity index (χ1) is 14.0. The molecule has 2 aromatic rings. The molecule has 0 spiro atoms. The number of hydrogen-bond acceptors (Lipinski definition) is 6. The molecule has 2 rings (SSSR count). The summed E-state index contributed by atoms with van der Waals surface area (Å²) < 4.78 is 17.3. The summed E-state index contributed by atoms with van der Waals surface area (Å²) in [5.41, 5.74) is 1.58. The quantitative estimate of drug-likeness (QED) is 0.554. The van der Waals surface area contributed by atoms with Crippen molar-refractivity contribution < 1.29 is 23.8 Å². The molecule has 152 valence electrons. The largest absolute Gasteiger partial charge is 0.490 e. The number of ether oxygens (including phenoxy) is 3. The molecule has 7 nitrogen and oxygen atoms in total. The molecule has 29 heavy (non-hydrogen) atoms. The number of benzene rings is 2. The summed E-state index contributed by atoms with van der Waals surface area (Å²) >= 11 is 3.46. The number of nitriles is 1. The van der Waals surface area contributed by atoms with Gasteiger partial charge < -0.3 is 19.5 Å². The molecule has 0 radical (unpaired) electrons. The van der Waals surface area contributed by atoms with E-state index in [1.165, 1.54) is 0 Å². The van der Waals surface area contributed by atoms with Crippen molar-refractivity contribution in [3.8, 4) is 17.6 Å². The average molecular weight is 461 g/mol. The topological polar surface area (TPSA) is 97.6 Å². The Bertz CT molecular complexity index is 907. The summed E-state index contributed by atoms with van der Waals surface area (Å²) in [4.78, 5) is 23.7. The fourth-order valence-electron chi connectivity index (χ4n) is 2.42. The van der Waals surface area contributed by atoms with Crippen LogP contribution in [0.1, 0.15) is 36.2 Å². The summed E-state index contributed by atoms with van der Waals surface area (Å²) in [5, 5.41) is 11.1. The van der Waals surface area contributed by atoms with Crippen LogP contribution in [0.5, 0.6) is 11.5 Å². The van der Waals surface area contributed by atoms with Gasteiger partial charge in [-0.15, -0.1) is 0 Å². The van der Waals surface area contributed by atoms with Crippen molar-refractivity contribution in [1.82, 2.24) is 0 Å². The van der Waals surface area contributed by atoms with Gasteiger partial charge in [0.05, 0.1) is 24.8 Å². The van der Waals surface area contributed by atoms with Crippen LogP contribution in [0.15, 0.2) is 40.9 Å². The lowest BCUT2D eigenvalue weighted by Crippen LogP contribution is -2.10. The average Bonchev–Trinajstić information content (AvgIpc) is 2.70. The fraction of sp³-hybridized carbons (Fsp3) is 0.286. The van der Waals surface area contributed by atoms with E-state index in [4.69, 9.17) is 19.5 Å². The van der Waals surface area contributed by atoms with Gasteiger partial charge in [-0.3, -0.25) is 4.79 Å². The summed E-state index contributed by atoms with van der Waals surface area (Å²) in [7, 11) is 0. The maximum absolute atomic E-state index is 12.3.